The normalized spacial score (nSPS) is 13.9. The molecular weight excluding hydrogens is 864 g/mol. The van der Waals surface area contributed by atoms with E-state index in [4.69, 9.17) is 9.05 Å². The van der Waals surface area contributed by atoms with Gasteiger partial charge in [-0.2, -0.15) is 0 Å². The van der Waals surface area contributed by atoms with Gasteiger partial charge in [0.2, 0.25) is 5.91 Å². The van der Waals surface area contributed by atoms with E-state index in [9.17, 15) is 19.4 Å². The SMILES string of the molecule is CCCCCCCC/C=C\CCCCCCCCCC(=O)NC(COP(=O)([O-])OCC[N+](C)(C)C)C(O)CCCCCCCCCCCCCCCCCCCCCCCCCCCCCCC. The molecule has 0 fully saturated rings. The molecule has 9 heteroatoms. The van der Waals surface area contributed by atoms with Crippen LogP contribution in [0, 0.1) is 0 Å². The van der Waals surface area contributed by atoms with E-state index < -0.39 is 20.0 Å². The van der Waals surface area contributed by atoms with E-state index >= 15 is 0 Å². The molecule has 3 atom stereocenters. The van der Waals surface area contributed by atoms with Crippen molar-refractivity contribution in [2.45, 2.75) is 321 Å². The highest BCUT2D eigenvalue weighted by atomic mass is 31.2. The average Bonchev–Trinajstić information content (AvgIpc) is 3.30. The largest absolute Gasteiger partial charge is 0.756 e. The van der Waals surface area contributed by atoms with Crippen molar-refractivity contribution < 1.29 is 32.9 Å². The minimum absolute atomic E-state index is 0.0138. The molecule has 0 radical (unpaired) electrons. The maximum atomic E-state index is 13.0. The van der Waals surface area contributed by atoms with Gasteiger partial charge in [0, 0.05) is 6.42 Å². The summed E-state index contributed by atoms with van der Waals surface area (Å²) in [4.78, 5) is 25.5. The van der Waals surface area contributed by atoms with Crippen LogP contribution in [-0.2, 0) is 18.4 Å². The van der Waals surface area contributed by atoms with E-state index in [1.165, 1.54) is 244 Å². The minimum Gasteiger partial charge on any atom is -0.756 e. The topological polar surface area (TPSA) is 108 Å². The molecule has 0 heterocycles. The third kappa shape index (κ3) is 53.0. The highest BCUT2D eigenvalue weighted by Gasteiger charge is 2.24. The number of amides is 1. The van der Waals surface area contributed by atoms with E-state index in [-0.39, 0.29) is 19.1 Å². The van der Waals surface area contributed by atoms with Gasteiger partial charge in [0.15, 0.2) is 0 Å². The second-order valence-corrected chi connectivity index (χ2v) is 23.5. The molecule has 0 aliphatic rings. The molecule has 0 aliphatic heterocycles. The highest BCUT2D eigenvalue weighted by Crippen LogP contribution is 2.38. The number of rotatable bonds is 56. The van der Waals surface area contributed by atoms with Crippen LogP contribution in [0.3, 0.4) is 0 Å². The van der Waals surface area contributed by atoms with Crippen LogP contribution in [0.1, 0.15) is 309 Å². The zero-order valence-corrected chi connectivity index (χ0v) is 47.2. The first-order chi connectivity index (χ1) is 33.0. The molecule has 0 aromatic rings. The number of hydrogen-bond acceptors (Lipinski definition) is 6. The fraction of sp³-hybridized carbons (Fsp3) is 0.949. The van der Waals surface area contributed by atoms with Crippen molar-refractivity contribution >= 4 is 13.7 Å². The molecule has 2 N–H and O–H groups in total. The fourth-order valence-corrected chi connectivity index (χ4v) is 10.00. The maximum absolute atomic E-state index is 13.0. The molecular formula is C59H119N2O6P. The van der Waals surface area contributed by atoms with Gasteiger partial charge in [-0.25, -0.2) is 0 Å². The second-order valence-electron chi connectivity index (χ2n) is 22.1. The van der Waals surface area contributed by atoms with Crippen LogP contribution >= 0.6 is 7.82 Å². The van der Waals surface area contributed by atoms with Crippen LogP contribution < -0.4 is 10.2 Å². The zero-order chi connectivity index (χ0) is 49.9. The quantitative estimate of drug-likeness (QED) is 0.0272. The summed E-state index contributed by atoms with van der Waals surface area (Å²) in [5.74, 6) is -0.164. The Bertz CT molecular complexity index is 1120. The maximum Gasteiger partial charge on any atom is 0.268 e. The number of phosphoric ester groups is 1. The van der Waals surface area contributed by atoms with Gasteiger partial charge in [0.1, 0.15) is 13.2 Å². The molecule has 68 heavy (non-hydrogen) atoms. The predicted octanol–water partition coefficient (Wildman–Crippen LogP) is 17.6. The summed E-state index contributed by atoms with van der Waals surface area (Å²) in [6, 6.07) is -0.801. The Hall–Kier alpha value is -0.760. The second kappa shape index (κ2) is 51.2. The van der Waals surface area contributed by atoms with Crippen molar-refractivity contribution in [3.63, 3.8) is 0 Å². The van der Waals surface area contributed by atoms with Crippen molar-refractivity contribution in [2.75, 3.05) is 40.9 Å². The van der Waals surface area contributed by atoms with Gasteiger partial charge in [-0.05, 0) is 38.5 Å². The summed E-state index contributed by atoms with van der Waals surface area (Å²) in [6.07, 6.45) is 62.5. The standard InChI is InChI=1S/C59H119N2O6P/c1-6-8-10-12-14-16-18-20-22-24-25-26-27-28-29-30-31-32-33-34-35-37-38-40-42-44-46-48-50-52-58(62)57(56-67-68(64,65)66-55-54-61(3,4)5)60-59(63)53-51-49-47-45-43-41-39-36-23-21-19-17-15-13-11-9-7-2/h21,23,57-58,62H,6-20,22,24-56H2,1-5H3,(H-,60,63,64,65)/b23-21-. The number of phosphoric acid groups is 1. The molecule has 0 aliphatic carbocycles. The summed E-state index contributed by atoms with van der Waals surface area (Å²) in [5, 5.41) is 14.0. The molecule has 0 aromatic heterocycles. The summed E-state index contributed by atoms with van der Waals surface area (Å²) in [7, 11) is 1.32. The number of aliphatic hydroxyl groups is 1. The predicted molar refractivity (Wildman–Crippen MR) is 293 cm³/mol. The van der Waals surface area contributed by atoms with Crippen molar-refractivity contribution in [3.05, 3.63) is 12.2 Å². The lowest BCUT2D eigenvalue weighted by atomic mass is 10.0. The summed E-state index contributed by atoms with van der Waals surface area (Å²) >= 11 is 0. The summed E-state index contributed by atoms with van der Waals surface area (Å²) in [5.41, 5.74) is 0. The van der Waals surface area contributed by atoms with Crippen molar-refractivity contribution in [1.29, 1.82) is 0 Å². The fourth-order valence-electron chi connectivity index (χ4n) is 9.27. The number of likely N-dealkylation sites (N-methyl/N-ethyl adjacent to an activating group) is 1. The molecule has 1 amide bonds. The smallest absolute Gasteiger partial charge is 0.268 e. The number of unbranched alkanes of at least 4 members (excludes halogenated alkanes) is 41. The van der Waals surface area contributed by atoms with Gasteiger partial charge in [-0.1, -0.05) is 276 Å². The Kier molecular flexibility index (Phi) is 50.6. The average molecular weight is 984 g/mol. The molecule has 0 bridgehead atoms. The van der Waals surface area contributed by atoms with Gasteiger partial charge < -0.3 is 28.8 Å². The van der Waals surface area contributed by atoms with Crippen LogP contribution in [0.25, 0.3) is 0 Å². The molecule has 8 nitrogen and oxygen atoms in total. The zero-order valence-electron chi connectivity index (χ0n) is 46.3. The van der Waals surface area contributed by atoms with Gasteiger partial charge in [0.25, 0.3) is 7.82 Å². The summed E-state index contributed by atoms with van der Waals surface area (Å²) in [6.45, 7) is 4.76. The number of quaternary nitrogens is 1. The van der Waals surface area contributed by atoms with E-state index in [1.807, 2.05) is 21.1 Å². The van der Waals surface area contributed by atoms with Crippen LogP contribution in [0.4, 0.5) is 0 Å². The number of nitrogens with zero attached hydrogens (tertiary/aromatic N) is 1. The Labute approximate surface area is 424 Å². The third-order valence-corrected chi connectivity index (χ3v) is 15.0. The van der Waals surface area contributed by atoms with E-state index in [0.717, 1.165) is 38.5 Å². The molecule has 0 saturated heterocycles. The lowest BCUT2D eigenvalue weighted by molar-refractivity contribution is -0.870. The van der Waals surface area contributed by atoms with E-state index in [1.54, 1.807) is 0 Å². The number of aliphatic hydroxyl groups excluding tert-OH is 1. The molecule has 0 saturated carbocycles. The van der Waals surface area contributed by atoms with Gasteiger partial charge >= 0.3 is 0 Å². The number of nitrogens with one attached hydrogen (secondary N) is 1. The van der Waals surface area contributed by atoms with Gasteiger partial charge in [-0.15, -0.1) is 0 Å². The number of carbonyl (C=O) groups excluding carboxylic acids is 1. The lowest BCUT2D eigenvalue weighted by Gasteiger charge is -2.30. The Morgan fingerprint density at radius 3 is 1.15 bits per heavy atom. The van der Waals surface area contributed by atoms with Crippen LogP contribution in [-0.4, -0.2) is 68.5 Å². The summed E-state index contributed by atoms with van der Waals surface area (Å²) < 4.78 is 23.4. The van der Waals surface area contributed by atoms with Crippen molar-refractivity contribution in [3.8, 4) is 0 Å². The number of allylic oxidation sites excluding steroid dienone is 2. The minimum atomic E-state index is -4.57. The van der Waals surface area contributed by atoms with Crippen LogP contribution in [0.5, 0.6) is 0 Å². The van der Waals surface area contributed by atoms with Gasteiger partial charge in [0.05, 0.1) is 39.9 Å². The van der Waals surface area contributed by atoms with E-state index in [2.05, 4.69) is 31.3 Å². The highest BCUT2D eigenvalue weighted by molar-refractivity contribution is 7.45. The third-order valence-electron chi connectivity index (χ3n) is 14.0. The Balaban J connectivity index is 4.06. The monoisotopic (exact) mass is 983 g/mol. The molecule has 0 rings (SSSR count). The van der Waals surface area contributed by atoms with Crippen LogP contribution in [0.2, 0.25) is 0 Å². The molecule has 0 spiro atoms. The molecule has 0 aromatic carbocycles. The first-order valence-electron chi connectivity index (χ1n) is 30.0. The van der Waals surface area contributed by atoms with Crippen molar-refractivity contribution in [1.82, 2.24) is 5.32 Å². The van der Waals surface area contributed by atoms with Crippen molar-refractivity contribution in [2.24, 2.45) is 0 Å². The number of hydrogen-bond donors (Lipinski definition) is 2. The lowest BCUT2D eigenvalue weighted by Crippen LogP contribution is -2.46. The first kappa shape index (κ1) is 67.2. The van der Waals surface area contributed by atoms with Crippen LogP contribution in [0.15, 0.2) is 12.2 Å². The Morgan fingerprint density at radius 1 is 0.500 bits per heavy atom. The Morgan fingerprint density at radius 2 is 0.809 bits per heavy atom. The first-order valence-corrected chi connectivity index (χ1v) is 31.5. The number of carbonyl (C=O) groups is 1. The molecule has 3 unspecified atom stereocenters. The van der Waals surface area contributed by atoms with Gasteiger partial charge in [-0.3, -0.25) is 9.36 Å². The van der Waals surface area contributed by atoms with E-state index in [0.29, 0.717) is 23.9 Å². The molecule has 406 valence electrons.